The number of halogens is 1. The van der Waals surface area contributed by atoms with E-state index >= 15 is 0 Å². The zero-order valence-corrected chi connectivity index (χ0v) is 9.43. The monoisotopic (exact) mass is 232 g/mol. The predicted octanol–water partition coefficient (Wildman–Crippen LogP) is 3.66. The van der Waals surface area contributed by atoms with Crippen LogP contribution in [0.2, 0.25) is 0 Å². The van der Waals surface area contributed by atoms with Crippen LogP contribution in [0, 0.1) is 0 Å². The van der Waals surface area contributed by atoms with E-state index in [1.54, 1.807) is 0 Å². The van der Waals surface area contributed by atoms with Gasteiger partial charge in [-0.25, -0.2) is 0 Å². The van der Waals surface area contributed by atoms with E-state index in [4.69, 9.17) is 4.74 Å². The largest absolute Gasteiger partial charge is 0.498 e. The van der Waals surface area contributed by atoms with Crippen molar-refractivity contribution in [1.29, 1.82) is 0 Å². The minimum absolute atomic E-state index is 0.799. The Hall–Kier alpha value is -0.240. The highest BCUT2D eigenvalue weighted by atomic mass is 79.9. The lowest BCUT2D eigenvalue weighted by atomic mass is 10.4. The van der Waals surface area contributed by atoms with E-state index in [1.165, 1.54) is 0 Å². The van der Waals surface area contributed by atoms with Crippen LogP contribution in [-0.2, 0) is 4.74 Å². The van der Waals surface area contributed by atoms with Gasteiger partial charge in [0.1, 0.15) is 0 Å². The SMILES string of the molecule is CC/C=C\C=C(/C)OCCCBr. The van der Waals surface area contributed by atoms with E-state index in [9.17, 15) is 0 Å². The summed E-state index contributed by atoms with van der Waals surface area (Å²) in [6.07, 6.45) is 8.27. The zero-order valence-electron chi connectivity index (χ0n) is 7.85. The molecule has 0 unspecified atom stereocenters. The number of alkyl halides is 1. The minimum Gasteiger partial charge on any atom is -0.498 e. The fourth-order valence-electron chi connectivity index (χ4n) is 0.675. The standard InChI is InChI=1S/C10H17BrO/c1-3-4-5-7-10(2)12-9-6-8-11/h4-5,7H,3,6,8-9H2,1-2H3/b5-4-,10-7+. The van der Waals surface area contributed by atoms with E-state index in [0.717, 1.165) is 30.5 Å². The van der Waals surface area contributed by atoms with Crippen molar-refractivity contribution >= 4 is 15.9 Å². The first-order valence-corrected chi connectivity index (χ1v) is 5.45. The van der Waals surface area contributed by atoms with Gasteiger partial charge in [0.25, 0.3) is 0 Å². The van der Waals surface area contributed by atoms with Crippen molar-refractivity contribution < 1.29 is 4.74 Å². The molecule has 0 aliphatic rings. The lowest BCUT2D eigenvalue weighted by Crippen LogP contribution is -1.91. The Bertz CT molecular complexity index is 150. The summed E-state index contributed by atoms with van der Waals surface area (Å²) in [5, 5.41) is 1.01. The van der Waals surface area contributed by atoms with Crippen molar-refractivity contribution in [1.82, 2.24) is 0 Å². The van der Waals surface area contributed by atoms with Gasteiger partial charge in [-0.15, -0.1) is 0 Å². The molecule has 1 nitrogen and oxygen atoms in total. The molecule has 0 aliphatic heterocycles. The molecule has 0 amide bonds. The molecule has 0 atom stereocenters. The van der Waals surface area contributed by atoms with Crippen LogP contribution in [0.1, 0.15) is 26.7 Å². The molecule has 0 rings (SSSR count). The smallest absolute Gasteiger partial charge is 0.0928 e. The maximum Gasteiger partial charge on any atom is 0.0928 e. The molecular weight excluding hydrogens is 216 g/mol. The van der Waals surface area contributed by atoms with Gasteiger partial charge >= 0.3 is 0 Å². The van der Waals surface area contributed by atoms with Gasteiger partial charge in [-0.1, -0.05) is 35.0 Å². The highest BCUT2D eigenvalue weighted by molar-refractivity contribution is 9.09. The number of hydrogen-bond donors (Lipinski definition) is 0. The molecule has 0 spiro atoms. The maximum atomic E-state index is 5.41. The summed E-state index contributed by atoms with van der Waals surface area (Å²) < 4.78 is 5.41. The lowest BCUT2D eigenvalue weighted by molar-refractivity contribution is 0.216. The molecule has 0 fully saturated rings. The van der Waals surface area contributed by atoms with Crippen molar-refractivity contribution in [2.24, 2.45) is 0 Å². The van der Waals surface area contributed by atoms with Crippen LogP contribution in [0.4, 0.5) is 0 Å². The first-order valence-electron chi connectivity index (χ1n) is 4.33. The van der Waals surface area contributed by atoms with Gasteiger partial charge < -0.3 is 4.74 Å². The molecule has 0 aromatic heterocycles. The number of ether oxygens (including phenoxy) is 1. The zero-order chi connectivity index (χ0) is 9.23. The van der Waals surface area contributed by atoms with Crippen LogP contribution in [0.5, 0.6) is 0 Å². The van der Waals surface area contributed by atoms with Crippen LogP contribution < -0.4 is 0 Å². The maximum absolute atomic E-state index is 5.41. The second-order valence-electron chi connectivity index (χ2n) is 2.50. The summed E-state index contributed by atoms with van der Waals surface area (Å²) >= 11 is 3.35. The Morgan fingerprint density at radius 3 is 2.83 bits per heavy atom. The molecule has 0 radical (unpaired) electrons. The van der Waals surface area contributed by atoms with Crippen LogP contribution >= 0.6 is 15.9 Å². The summed E-state index contributed by atoms with van der Waals surface area (Å²) in [5.74, 6) is 0.987. The van der Waals surface area contributed by atoms with Crippen LogP contribution in [-0.4, -0.2) is 11.9 Å². The van der Waals surface area contributed by atoms with Gasteiger partial charge in [0.15, 0.2) is 0 Å². The van der Waals surface area contributed by atoms with Gasteiger partial charge in [-0.05, 0) is 25.8 Å². The molecule has 0 aromatic carbocycles. The highest BCUT2D eigenvalue weighted by Gasteiger charge is 1.87. The van der Waals surface area contributed by atoms with E-state index in [-0.39, 0.29) is 0 Å². The van der Waals surface area contributed by atoms with Gasteiger partial charge in [0.05, 0.1) is 12.4 Å². The van der Waals surface area contributed by atoms with Gasteiger partial charge in [0, 0.05) is 5.33 Å². The van der Waals surface area contributed by atoms with Crippen molar-refractivity contribution in [3.05, 3.63) is 24.0 Å². The van der Waals surface area contributed by atoms with Crippen molar-refractivity contribution in [3.8, 4) is 0 Å². The Labute approximate surface area is 83.6 Å². The molecule has 70 valence electrons. The quantitative estimate of drug-likeness (QED) is 0.294. The summed E-state index contributed by atoms with van der Waals surface area (Å²) in [7, 11) is 0. The molecule has 0 saturated carbocycles. The Kier molecular flexibility index (Phi) is 8.68. The first kappa shape index (κ1) is 11.8. The summed E-state index contributed by atoms with van der Waals surface area (Å²) in [6.45, 7) is 4.90. The fraction of sp³-hybridized carbons (Fsp3) is 0.600. The predicted molar refractivity (Wildman–Crippen MR) is 57.6 cm³/mol. The molecule has 0 heterocycles. The van der Waals surface area contributed by atoms with Crippen LogP contribution in [0.15, 0.2) is 24.0 Å². The van der Waals surface area contributed by atoms with Crippen molar-refractivity contribution in [2.75, 3.05) is 11.9 Å². The van der Waals surface area contributed by atoms with Crippen LogP contribution in [0.25, 0.3) is 0 Å². The number of rotatable bonds is 6. The summed E-state index contributed by atoms with van der Waals surface area (Å²) in [4.78, 5) is 0. The normalized spacial score (nSPS) is 12.4. The van der Waals surface area contributed by atoms with Gasteiger partial charge in [-0.3, -0.25) is 0 Å². The third kappa shape index (κ3) is 7.86. The number of allylic oxidation sites excluding steroid dienone is 4. The van der Waals surface area contributed by atoms with E-state index < -0.39 is 0 Å². The average Bonchev–Trinajstić information content (AvgIpc) is 2.06. The molecule has 0 N–H and O–H groups in total. The number of hydrogen-bond acceptors (Lipinski definition) is 1. The Morgan fingerprint density at radius 1 is 1.50 bits per heavy atom. The highest BCUT2D eigenvalue weighted by Crippen LogP contribution is 1.98. The average molecular weight is 233 g/mol. The third-order valence-corrected chi connectivity index (χ3v) is 1.87. The lowest BCUT2D eigenvalue weighted by Gasteiger charge is -2.02. The Balaban J connectivity index is 3.48. The fourth-order valence-corrected chi connectivity index (χ4v) is 0.904. The second-order valence-corrected chi connectivity index (χ2v) is 3.30. The summed E-state index contributed by atoms with van der Waals surface area (Å²) in [6, 6.07) is 0. The molecule has 0 bridgehead atoms. The first-order chi connectivity index (χ1) is 5.81. The van der Waals surface area contributed by atoms with E-state index in [1.807, 2.05) is 19.1 Å². The Morgan fingerprint density at radius 2 is 2.25 bits per heavy atom. The molecule has 0 aliphatic carbocycles. The topological polar surface area (TPSA) is 9.23 Å². The second kappa shape index (κ2) is 8.85. The van der Waals surface area contributed by atoms with Gasteiger partial charge in [-0.2, -0.15) is 0 Å². The van der Waals surface area contributed by atoms with E-state index in [0.29, 0.717) is 0 Å². The van der Waals surface area contributed by atoms with Crippen LogP contribution in [0.3, 0.4) is 0 Å². The molecule has 0 saturated heterocycles. The minimum atomic E-state index is 0.799. The van der Waals surface area contributed by atoms with Gasteiger partial charge in [0.2, 0.25) is 0 Å². The molecular formula is C10H17BrO. The molecule has 2 heteroatoms. The molecule has 0 aromatic rings. The summed E-state index contributed by atoms with van der Waals surface area (Å²) in [5.41, 5.74) is 0. The molecule has 12 heavy (non-hydrogen) atoms. The van der Waals surface area contributed by atoms with E-state index in [2.05, 4.69) is 28.9 Å². The third-order valence-electron chi connectivity index (χ3n) is 1.31. The van der Waals surface area contributed by atoms with Crippen molar-refractivity contribution in [3.63, 3.8) is 0 Å². The van der Waals surface area contributed by atoms with Crippen molar-refractivity contribution in [2.45, 2.75) is 26.7 Å².